The fourth-order valence-corrected chi connectivity index (χ4v) is 4.44. The third-order valence-corrected chi connectivity index (χ3v) is 5.99. The molecule has 2 aliphatic heterocycles. The van der Waals surface area contributed by atoms with Gasteiger partial charge in [-0.15, -0.1) is 0 Å². The molecule has 1 N–H and O–H groups in total. The number of nitrogens with one attached hydrogen (secondary N) is 1. The van der Waals surface area contributed by atoms with Crippen molar-refractivity contribution in [2.75, 3.05) is 7.05 Å². The van der Waals surface area contributed by atoms with Gasteiger partial charge in [-0.1, -0.05) is 17.7 Å². The monoisotopic (exact) mass is 368 g/mol. The Morgan fingerprint density at radius 1 is 1.22 bits per heavy atom. The number of rotatable bonds is 5. The van der Waals surface area contributed by atoms with Crippen LogP contribution in [0.1, 0.15) is 47.3 Å². The van der Waals surface area contributed by atoms with E-state index < -0.39 is 0 Å². The summed E-state index contributed by atoms with van der Waals surface area (Å²) in [6.07, 6.45) is 6.36. The van der Waals surface area contributed by atoms with Crippen LogP contribution in [-0.2, 0) is 6.73 Å². The van der Waals surface area contributed by atoms with Crippen molar-refractivity contribution in [2.45, 2.75) is 64.4 Å². The summed E-state index contributed by atoms with van der Waals surface area (Å²) in [5.41, 5.74) is 2.75. The number of ether oxygens (including phenoxy) is 1. The van der Waals surface area contributed by atoms with E-state index in [1.165, 1.54) is 18.4 Å². The summed E-state index contributed by atoms with van der Waals surface area (Å²) < 4.78 is 7.49. The standard InChI is InChI=1S/C21H28N4O2/c1-14-4-7-20(15(2)10-14)27-13-25-9-8-19(23-25)21(26)22-16-11-17-5-6-18(12-16)24(17)3/h4,7-10,16-18H,5-6,11-13H2,1-3H3,(H,22,26). The van der Waals surface area contributed by atoms with Crippen LogP contribution in [0.25, 0.3) is 0 Å². The molecule has 1 amide bonds. The molecule has 2 fully saturated rings. The van der Waals surface area contributed by atoms with Gasteiger partial charge in [0, 0.05) is 24.3 Å². The van der Waals surface area contributed by atoms with Crippen LogP contribution >= 0.6 is 0 Å². The smallest absolute Gasteiger partial charge is 0.271 e. The molecule has 0 aliphatic carbocycles. The molecule has 2 bridgehead atoms. The minimum absolute atomic E-state index is 0.0887. The topological polar surface area (TPSA) is 59.4 Å². The highest BCUT2D eigenvalue weighted by Crippen LogP contribution is 2.34. The molecular formula is C21H28N4O2. The van der Waals surface area contributed by atoms with Gasteiger partial charge in [-0.05, 0) is 64.3 Å². The van der Waals surface area contributed by atoms with Crippen molar-refractivity contribution in [3.63, 3.8) is 0 Å². The first-order valence-electron chi connectivity index (χ1n) is 9.76. The summed E-state index contributed by atoms with van der Waals surface area (Å²) in [7, 11) is 2.21. The van der Waals surface area contributed by atoms with Crippen molar-refractivity contribution < 1.29 is 9.53 Å². The van der Waals surface area contributed by atoms with Crippen LogP contribution in [0.15, 0.2) is 30.5 Å². The number of carbonyl (C=O) groups excluding carboxylic acids is 1. The molecule has 144 valence electrons. The van der Waals surface area contributed by atoms with E-state index in [2.05, 4.69) is 35.4 Å². The number of piperidine rings is 1. The molecular weight excluding hydrogens is 340 g/mol. The zero-order chi connectivity index (χ0) is 19.0. The van der Waals surface area contributed by atoms with Gasteiger partial charge in [0.15, 0.2) is 6.73 Å². The van der Waals surface area contributed by atoms with Gasteiger partial charge in [0.05, 0.1) is 0 Å². The normalized spacial score (nSPS) is 24.8. The number of aromatic nitrogens is 2. The molecule has 1 aromatic carbocycles. The molecule has 6 heteroatoms. The maximum Gasteiger partial charge on any atom is 0.271 e. The van der Waals surface area contributed by atoms with Crippen LogP contribution in [0.4, 0.5) is 0 Å². The fourth-order valence-electron chi connectivity index (χ4n) is 4.44. The maximum absolute atomic E-state index is 12.6. The van der Waals surface area contributed by atoms with Crippen molar-refractivity contribution in [1.82, 2.24) is 20.0 Å². The Kier molecular flexibility index (Phi) is 4.91. The molecule has 2 unspecified atom stereocenters. The quantitative estimate of drug-likeness (QED) is 0.882. The molecule has 0 saturated carbocycles. The van der Waals surface area contributed by atoms with E-state index >= 15 is 0 Å². The van der Waals surface area contributed by atoms with E-state index in [1.807, 2.05) is 19.1 Å². The van der Waals surface area contributed by atoms with Crippen LogP contribution in [-0.4, -0.2) is 45.8 Å². The third-order valence-electron chi connectivity index (χ3n) is 5.99. The molecule has 1 aromatic heterocycles. The molecule has 3 heterocycles. The zero-order valence-electron chi connectivity index (χ0n) is 16.3. The van der Waals surface area contributed by atoms with Gasteiger partial charge >= 0.3 is 0 Å². The Balaban J connectivity index is 1.33. The van der Waals surface area contributed by atoms with Crippen molar-refractivity contribution in [3.8, 4) is 5.75 Å². The lowest BCUT2D eigenvalue weighted by Gasteiger charge is -2.36. The molecule has 6 nitrogen and oxygen atoms in total. The first kappa shape index (κ1) is 18.0. The Hall–Kier alpha value is -2.34. The Bertz CT molecular complexity index is 817. The van der Waals surface area contributed by atoms with Crippen molar-refractivity contribution >= 4 is 5.91 Å². The lowest BCUT2D eigenvalue weighted by molar-refractivity contribution is 0.0875. The second kappa shape index (κ2) is 7.35. The summed E-state index contributed by atoms with van der Waals surface area (Å²) >= 11 is 0. The number of aryl methyl sites for hydroxylation is 2. The number of hydrogen-bond donors (Lipinski definition) is 1. The minimum Gasteiger partial charge on any atom is -0.471 e. The molecule has 4 rings (SSSR count). The second-order valence-corrected chi connectivity index (χ2v) is 7.98. The predicted molar refractivity (Wildman–Crippen MR) is 104 cm³/mol. The summed E-state index contributed by atoms with van der Waals surface area (Å²) in [5, 5.41) is 7.55. The molecule has 27 heavy (non-hydrogen) atoms. The van der Waals surface area contributed by atoms with Gasteiger partial charge in [0.1, 0.15) is 11.4 Å². The maximum atomic E-state index is 12.6. The molecule has 2 aromatic rings. The summed E-state index contributed by atoms with van der Waals surface area (Å²) in [6.45, 7) is 4.37. The summed E-state index contributed by atoms with van der Waals surface area (Å²) in [5.74, 6) is 0.748. The minimum atomic E-state index is -0.0887. The van der Waals surface area contributed by atoms with E-state index in [4.69, 9.17) is 4.74 Å². The zero-order valence-corrected chi connectivity index (χ0v) is 16.3. The Morgan fingerprint density at radius 2 is 1.96 bits per heavy atom. The van der Waals surface area contributed by atoms with E-state index in [0.717, 1.165) is 24.2 Å². The number of carbonyl (C=O) groups is 1. The Labute approximate surface area is 160 Å². The van der Waals surface area contributed by atoms with Gasteiger partial charge in [-0.25, -0.2) is 4.68 Å². The first-order valence-corrected chi connectivity index (χ1v) is 9.76. The average molecular weight is 368 g/mol. The summed E-state index contributed by atoms with van der Waals surface area (Å²) in [6, 6.07) is 9.31. The largest absolute Gasteiger partial charge is 0.471 e. The van der Waals surface area contributed by atoms with Gasteiger partial charge < -0.3 is 15.0 Å². The average Bonchev–Trinajstić information content (AvgIpc) is 3.16. The van der Waals surface area contributed by atoms with Crippen molar-refractivity contribution in [3.05, 3.63) is 47.3 Å². The fraction of sp³-hybridized carbons (Fsp3) is 0.524. The van der Waals surface area contributed by atoms with Crippen LogP contribution in [0.2, 0.25) is 0 Å². The number of amides is 1. The molecule has 2 saturated heterocycles. The van der Waals surface area contributed by atoms with Crippen molar-refractivity contribution in [2.24, 2.45) is 0 Å². The van der Waals surface area contributed by atoms with Gasteiger partial charge in [-0.2, -0.15) is 5.10 Å². The van der Waals surface area contributed by atoms with Crippen LogP contribution < -0.4 is 10.1 Å². The van der Waals surface area contributed by atoms with E-state index in [1.54, 1.807) is 16.9 Å². The van der Waals surface area contributed by atoms with Gasteiger partial charge in [0.25, 0.3) is 5.91 Å². The number of nitrogens with zero attached hydrogens (tertiary/aromatic N) is 3. The molecule has 2 aliphatic rings. The van der Waals surface area contributed by atoms with E-state index in [9.17, 15) is 4.79 Å². The van der Waals surface area contributed by atoms with Crippen molar-refractivity contribution in [1.29, 1.82) is 0 Å². The molecule has 2 atom stereocenters. The second-order valence-electron chi connectivity index (χ2n) is 7.98. The third kappa shape index (κ3) is 3.86. The molecule has 0 spiro atoms. The van der Waals surface area contributed by atoms with Crippen LogP contribution in [0.5, 0.6) is 5.75 Å². The number of hydrogen-bond acceptors (Lipinski definition) is 4. The predicted octanol–water partition coefficient (Wildman–Crippen LogP) is 2.89. The van der Waals surface area contributed by atoms with E-state index in [-0.39, 0.29) is 18.7 Å². The first-order chi connectivity index (χ1) is 13.0. The highest BCUT2D eigenvalue weighted by atomic mass is 16.5. The van der Waals surface area contributed by atoms with Gasteiger partial charge in [0.2, 0.25) is 0 Å². The highest BCUT2D eigenvalue weighted by molar-refractivity contribution is 5.92. The molecule has 0 radical (unpaired) electrons. The Morgan fingerprint density at radius 3 is 2.67 bits per heavy atom. The lowest BCUT2D eigenvalue weighted by Crippen LogP contribution is -2.48. The lowest BCUT2D eigenvalue weighted by atomic mass is 9.98. The van der Waals surface area contributed by atoms with E-state index in [0.29, 0.717) is 17.8 Å². The van der Waals surface area contributed by atoms with Crippen LogP contribution in [0.3, 0.4) is 0 Å². The van der Waals surface area contributed by atoms with Crippen LogP contribution in [0, 0.1) is 13.8 Å². The highest BCUT2D eigenvalue weighted by Gasteiger charge is 2.38. The van der Waals surface area contributed by atoms with Gasteiger partial charge in [-0.3, -0.25) is 4.79 Å². The summed E-state index contributed by atoms with van der Waals surface area (Å²) in [4.78, 5) is 15.0. The number of benzene rings is 1. The SMILES string of the molecule is Cc1ccc(OCn2ccc(C(=O)NC3CC4CCC(C3)N4C)n2)c(C)c1. The number of fused-ring (bicyclic) bond motifs is 2.